The third-order valence-corrected chi connectivity index (χ3v) is 1.06. The quantitative estimate of drug-likeness (QED) is 0.688. The lowest BCUT2D eigenvalue weighted by Crippen LogP contribution is -2.21. The highest BCUT2D eigenvalue weighted by atomic mass is 35.5. The molecule has 11 heteroatoms. The minimum Gasteiger partial charge on any atom is -0.475 e. The summed E-state index contributed by atoms with van der Waals surface area (Å²) in [4.78, 5) is 22.2. The van der Waals surface area contributed by atoms with Gasteiger partial charge in [0.2, 0.25) is 5.28 Å². The summed E-state index contributed by atoms with van der Waals surface area (Å²) in [5, 5.41) is 20.7. The lowest BCUT2D eigenvalue weighted by Gasteiger charge is -1.93. The summed E-state index contributed by atoms with van der Waals surface area (Å²) in [5.74, 6) is -4.27. The van der Waals surface area contributed by atoms with Gasteiger partial charge in [0.05, 0.1) is 0 Å². The molecular formula is C5H3ClF3N3O4. The van der Waals surface area contributed by atoms with Gasteiger partial charge in [-0.3, -0.25) is 0 Å². The predicted molar refractivity (Wildman–Crippen MR) is 42.0 cm³/mol. The van der Waals surface area contributed by atoms with Crippen LogP contribution < -0.4 is 0 Å². The van der Waals surface area contributed by atoms with Crippen molar-refractivity contribution < 1.29 is 33.0 Å². The van der Waals surface area contributed by atoms with E-state index in [-0.39, 0.29) is 11.1 Å². The summed E-state index contributed by atoms with van der Waals surface area (Å²) in [6, 6.07) is 0. The zero-order chi connectivity index (χ0) is 12.9. The van der Waals surface area contributed by atoms with Crippen molar-refractivity contribution in [3.05, 3.63) is 11.1 Å². The monoisotopic (exact) mass is 261 g/mol. The summed E-state index contributed by atoms with van der Waals surface area (Å²) in [6.07, 6.45) is -5.08. The van der Waals surface area contributed by atoms with Gasteiger partial charge < -0.3 is 10.2 Å². The molecule has 3 N–H and O–H groups in total. The zero-order valence-electron chi connectivity index (χ0n) is 7.12. The van der Waals surface area contributed by atoms with E-state index in [2.05, 4.69) is 15.2 Å². The maximum Gasteiger partial charge on any atom is 0.490 e. The molecule has 0 aromatic carbocycles. The van der Waals surface area contributed by atoms with Crippen LogP contribution in [0.4, 0.5) is 13.2 Å². The number of nitrogens with one attached hydrogen (secondary N) is 1. The number of rotatable bonds is 1. The summed E-state index contributed by atoms with van der Waals surface area (Å²) in [7, 11) is 0. The average Bonchev–Trinajstić information content (AvgIpc) is 2.51. The molecule has 1 aromatic heterocycles. The molecule has 0 amide bonds. The van der Waals surface area contributed by atoms with Crippen LogP contribution in [0.5, 0.6) is 0 Å². The van der Waals surface area contributed by atoms with Gasteiger partial charge in [-0.25, -0.2) is 14.7 Å². The third kappa shape index (κ3) is 5.14. The van der Waals surface area contributed by atoms with Crippen molar-refractivity contribution in [3.8, 4) is 0 Å². The maximum atomic E-state index is 10.6. The highest BCUT2D eigenvalue weighted by Gasteiger charge is 2.38. The number of hydrogen-bond acceptors (Lipinski definition) is 4. The van der Waals surface area contributed by atoms with E-state index in [4.69, 9.17) is 26.6 Å². The molecule has 0 aliphatic rings. The topological polar surface area (TPSA) is 116 Å². The first-order chi connectivity index (χ1) is 7.14. The number of aliphatic carboxylic acids is 1. The van der Waals surface area contributed by atoms with E-state index in [1.807, 2.05) is 0 Å². The highest BCUT2D eigenvalue weighted by molar-refractivity contribution is 6.28. The Morgan fingerprint density at radius 3 is 1.88 bits per heavy atom. The highest BCUT2D eigenvalue weighted by Crippen LogP contribution is 2.13. The first-order valence-corrected chi connectivity index (χ1v) is 3.63. The second-order valence-electron chi connectivity index (χ2n) is 2.06. The number of alkyl halides is 3. The molecule has 0 aliphatic carbocycles. The maximum absolute atomic E-state index is 10.6. The van der Waals surface area contributed by atoms with Gasteiger partial charge in [-0.15, -0.1) is 5.10 Å². The number of aromatic amines is 1. The standard InChI is InChI=1S/C3H2ClN3O2.C2HF3O2/c4-3-5-1(2(8)9)6-7-3;3-2(4,5)1(6)7/h(H,8,9)(H,5,6,7);(H,6,7). The fourth-order valence-electron chi connectivity index (χ4n) is 0.338. The number of H-pyrrole nitrogens is 1. The van der Waals surface area contributed by atoms with Gasteiger partial charge in [0, 0.05) is 0 Å². The smallest absolute Gasteiger partial charge is 0.475 e. The Labute approximate surface area is 89.9 Å². The van der Waals surface area contributed by atoms with Gasteiger partial charge >= 0.3 is 18.1 Å². The number of carboxylic acids is 2. The first kappa shape index (κ1) is 14.2. The fraction of sp³-hybridized carbons (Fsp3) is 0.200. The lowest BCUT2D eigenvalue weighted by molar-refractivity contribution is -0.192. The Bertz CT molecular complexity index is 391. The van der Waals surface area contributed by atoms with Crippen molar-refractivity contribution >= 4 is 23.5 Å². The van der Waals surface area contributed by atoms with Gasteiger partial charge in [-0.1, -0.05) is 0 Å². The van der Waals surface area contributed by atoms with E-state index in [0.29, 0.717) is 0 Å². The van der Waals surface area contributed by atoms with Crippen LogP contribution in [0.1, 0.15) is 10.6 Å². The first-order valence-electron chi connectivity index (χ1n) is 3.26. The average molecular weight is 262 g/mol. The summed E-state index contributed by atoms with van der Waals surface area (Å²) < 4.78 is 31.7. The summed E-state index contributed by atoms with van der Waals surface area (Å²) in [5.41, 5.74) is 0. The van der Waals surface area contributed by atoms with E-state index >= 15 is 0 Å². The van der Waals surface area contributed by atoms with Gasteiger partial charge in [0.15, 0.2) is 0 Å². The van der Waals surface area contributed by atoms with Crippen LogP contribution in [0.15, 0.2) is 0 Å². The number of halogens is 4. The summed E-state index contributed by atoms with van der Waals surface area (Å²) >= 11 is 5.21. The second kappa shape index (κ2) is 5.30. The molecule has 7 nitrogen and oxygen atoms in total. The molecule has 0 saturated carbocycles. The Kier molecular flexibility index (Phi) is 4.69. The van der Waals surface area contributed by atoms with Gasteiger partial charge in [0.1, 0.15) is 0 Å². The number of nitrogens with zero attached hydrogens (tertiary/aromatic N) is 2. The van der Waals surface area contributed by atoms with E-state index in [1.54, 1.807) is 0 Å². The van der Waals surface area contributed by atoms with E-state index in [1.165, 1.54) is 0 Å². The van der Waals surface area contributed by atoms with Crippen LogP contribution in [-0.4, -0.2) is 43.5 Å². The number of hydrogen-bond donors (Lipinski definition) is 3. The molecule has 0 unspecified atom stereocenters. The van der Waals surface area contributed by atoms with Crippen LogP contribution >= 0.6 is 11.6 Å². The summed E-state index contributed by atoms with van der Waals surface area (Å²) in [6.45, 7) is 0. The minimum absolute atomic E-state index is 0.0209. The molecule has 1 heterocycles. The van der Waals surface area contributed by atoms with Crippen molar-refractivity contribution in [2.24, 2.45) is 0 Å². The minimum atomic E-state index is -5.08. The molecule has 90 valence electrons. The van der Waals surface area contributed by atoms with Crippen LogP contribution in [-0.2, 0) is 4.79 Å². The Balaban J connectivity index is 0.000000293. The lowest BCUT2D eigenvalue weighted by atomic mass is 10.7. The van der Waals surface area contributed by atoms with Crippen molar-refractivity contribution in [2.75, 3.05) is 0 Å². The SMILES string of the molecule is O=C(O)C(F)(F)F.O=C(O)c1n[nH]c(Cl)n1. The van der Waals surface area contributed by atoms with Gasteiger partial charge in [0.25, 0.3) is 5.82 Å². The van der Waals surface area contributed by atoms with E-state index < -0.39 is 18.1 Å². The molecule has 0 radical (unpaired) electrons. The fourth-order valence-corrected chi connectivity index (χ4v) is 0.460. The molecule has 0 atom stereocenters. The number of carbonyl (C=O) groups is 2. The Hall–Kier alpha value is -1.84. The van der Waals surface area contributed by atoms with Crippen molar-refractivity contribution in [1.82, 2.24) is 15.2 Å². The van der Waals surface area contributed by atoms with Crippen LogP contribution in [0.3, 0.4) is 0 Å². The predicted octanol–water partition coefficient (Wildman–Crippen LogP) is 0.790. The number of aromatic carboxylic acids is 1. The largest absolute Gasteiger partial charge is 0.490 e. The van der Waals surface area contributed by atoms with E-state index in [0.717, 1.165) is 0 Å². The van der Waals surface area contributed by atoms with Crippen molar-refractivity contribution in [1.29, 1.82) is 0 Å². The number of aromatic nitrogens is 3. The molecule has 0 aliphatic heterocycles. The van der Waals surface area contributed by atoms with Crippen LogP contribution in [0.25, 0.3) is 0 Å². The second-order valence-corrected chi connectivity index (χ2v) is 2.42. The molecule has 1 aromatic rings. The van der Waals surface area contributed by atoms with E-state index in [9.17, 15) is 18.0 Å². The molecule has 0 spiro atoms. The molecule has 0 saturated heterocycles. The molecule has 0 bridgehead atoms. The third-order valence-electron chi connectivity index (χ3n) is 0.892. The molecule has 1 rings (SSSR count). The molecule has 16 heavy (non-hydrogen) atoms. The number of carboxylic acid groups (broad SMARTS) is 2. The van der Waals surface area contributed by atoms with Gasteiger partial charge in [-0.2, -0.15) is 18.2 Å². The van der Waals surface area contributed by atoms with Crippen molar-refractivity contribution in [2.45, 2.75) is 6.18 Å². The van der Waals surface area contributed by atoms with Crippen LogP contribution in [0.2, 0.25) is 5.28 Å². The molecular weight excluding hydrogens is 259 g/mol. The Morgan fingerprint density at radius 1 is 1.31 bits per heavy atom. The Morgan fingerprint density at radius 2 is 1.75 bits per heavy atom. The molecule has 0 fully saturated rings. The van der Waals surface area contributed by atoms with Crippen molar-refractivity contribution in [3.63, 3.8) is 0 Å². The zero-order valence-corrected chi connectivity index (χ0v) is 7.87. The van der Waals surface area contributed by atoms with Crippen LogP contribution in [0, 0.1) is 0 Å². The normalized spacial score (nSPS) is 10.2. The van der Waals surface area contributed by atoms with Gasteiger partial charge in [-0.05, 0) is 11.6 Å².